The number of fused-ring (bicyclic) bond motifs is 1. The molecule has 1 heterocycles. The fraction of sp³-hybridized carbons (Fsp3) is 0.308. The van der Waals surface area contributed by atoms with E-state index in [2.05, 4.69) is 40.7 Å². The van der Waals surface area contributed by atoms with Gasteiger partial charge in [-0.05, 0) is 30.0 Å². The number of benzene rings is 1. The fourth-order valence-corrected chi connectivity index (χ4v) is 1.84. The van der Waals surface area contributed by atoms with Crippen LogP contribution < -0.4 is 5.32 Å². The van der Waals surface area contributed by atoms with Gasteiger partial charge in [0.25, 0.3) is 0 Å². The van der Waals surface area contributed by atoms with Gasteiger partial charge in [-0.25, -0.2) is 4.99 Å². The van der Waals surface area contributed by atoms with E-state index in [4.69, 9.17) is 0 Å². The third-order valence-corrected chi connectivity index (χ3v) is 2.85. The van der Waals surface area contributed by atoms with Gasteiger partial charge in [-0.15, -0.1) is 0 Å². The average Bonchev–Trinajstić information content (AvgIpc) is 3.04. The number of nitrogens with zero attached hydrogens (tertiary/aromatic N) is 1. The van der Waals surface area contributed by atoms with Gasteiger partial charge < -0.3 is 5.32 Å². The molecule has 1 fully saturated rings. The first-order chi connectivity index (χ1) is 7.42. The minimum atomic E-state index is 0.683. The predicted molar refractivity (Wildman–Crippen MR) is 62.8 cm³/mol. The summed E-state index contributed by atoms with van der Waals surface area (Å²) in [5.41, 5.74) is 2.65. The molecule has 0 aromatic heterocycles. The van der Waals surface area contributed by atoms with E-state index in [1.54, 1.807) is 0 Å². The van der Waals surface area contributed by atoms with Crippen LogP contribution in [-0.2, 0) is 6.42 Å². The topological polar surface area (TPSA) is 24.4 Å². The number of rotatable bonds is 1. The summed E-state index contributed by atoms with van der Waals surface area (Å²) in [4.78, 5) is 4.44. The Morgan fingerprint density at radius 3 is 2.93 bits per heavy atom. The third-order valence-electron chi connectivity index (χ3n) is 2.85. The second-order valence-corrected chi connectivity index (χ2v) is 4.19. The van der Waals surface area contributed by atoms with Crippen LogP contribution in [0.25, 0.3) is 6.08 Å². The molecule has 3 rings (SSSR count). The molecule has 1 aromatic rings. The van der Waals surface area contributed by atoms with Gasteiger partial charge >= 0.3 is 0 Å². The number of nitrogens with one attached hydrogen (secondary N) is 1. The number of aliphatic imine (C=N–C) groups is 1. The second kappa shape index (κ2) is 3.54. The Labute approximate surface area is 89.7 Å². The van der Waals surface area contributed by atoms with Crippen LogP contribution in [0.5, 0.6) is 0 Å². The maximum atomic E-state index is 4.44. The highest BCUT2D eigenvalue weighted by molar-refractivity contribution is 5.87. The van der Waals surface area contributed by atoms with Crippen molar-refractivity contribution in [2.75, 3.05) is 0 Å². The molecule has 2 heteroatoms. The van der Waals surface area contributed by atoms with Crippen molar-refractivity contribution in [2.24, 2.45) is 4.99 Å². The Hall–Kier alpha value is -1.57. The van der Waals surface area contributed by atoms with Gasteiger partial charge in [0.1, 0.15) is 5.84 Å². The first-order valence-corrected chi connectivity index (χ1v) is 5.49. The summed E-state index contributed by atoms with van der Waals surface area (Å²) in [5.74, 6) is 1.11. The van der Waals surface area contributed by atoms with Crippen molar-refractivity contribution in [2.45, 2.75) is 25.3 Å². The van der Waals surface area contributed by atoms with Crippen molar-refractivity contribution < 1.29 is 0 Å². The fourth-order valence-electron chi connectivity index (χ4n) is 1.84. The van der Waals surface area contributed by atoms with Crippen molar-refractivity contribution in [3.63, 3.8) is 0 Å². The Balaban J connectivity index is 1.85. The second-order valence-electron chi connectivity index (χ2n) is 4.19. The molecular weight excluding hydrogens is 184 g/mol. The lowest BCUT2D eigenvalue weighted by atomic mass is 10.0. The van der Waals surface area contributed by atoms with E-state index in [1.807, 2.05) is 6.20 Å². The van der Waals surface area contributed by atoms with Crippen LogP contribution in [0.1, 0.15) is 24.0 Å². The van der Waals surface area contributed by atoms with Gasteiger partial charge in [0.15, 0.2) is 0 Å². The van der Waals surface area contributed by atoms with E-state index < -0.39 is 0 Å². The summed E-state index contributed by atoms with van der Waals surface area (Å²) >= 11 is 0. The van der Waals surface area contributed by atoms with E-state index in [0.29, 0.717) is 6.04 Å². The minimum absolute atomic E-state index is 0.683. The highest BCUT2D eigenvalue weighted by atomic mass is 15.0. The maximum Gasteiger partial charge on any atom is 0.106 e. The Kier molecular flexibility index (Phi) is 2.05. The van der Waals surface area contributed by atoms with Crippen LogP contribution in [0.3, 0.4) is 0 Å². The molecular formula is C13H14N2. The van der Waals surface area contributed by atoms with Crippen LogP contribution >= 0.6 is 0 Å². The molecule has 0 radical (unpaired) electrons. The summed E-state index contributed by atoms with van der Waals surface area (Å²) in [7, 11) is 0. The molecule has 1 aliphatic carbocycles. The number of hydrogen-bond acceptors (Lipinski definition) is 2. The molecule has 1 aliphatic heterocycles. The SMILES string of the molecule is C1=Cc2ccccc2CC(NC2CC2)=N1. The van der Waals surface area contributed by atoms with Crippen LogP contribution in [0.4, 0.5) is 0 Å². The highest BCUT2D eigenvalue weighted by Crippen LogP contribution is 2.20. The third kappa shape index (κ3) is 1.94. The molecule has 0 amide bonds. The molecule has 0 atom stereocenters. The standard InChI is InChI=1S/C13H14N2/c1-2-4-11-9-13(15-12-5-6-12)14-8-7-10(11)3-1/h1-4,7-8,12H,5-6,9H2,(H,14,15). The van der Waals surface area contributed by atoms with E-state index in [1.165, 1.54) is 24.0 Å². The van der Waals surface area contributed by atoms with Crippen molar-refractivity contribution >= 4 is 11.9 Å². The molecule has 76 valence electrons. The molecule has 0 saturated heterocycles. The highest BCUT2D eigenvalue weighted by Gasteiger charge is 2.22. The van der Waals surface area contributed by atoms with Crippen molar-refractivity contribution in [3.05, 3.63) is 41.6 Å². The molecule has 2 aliphatic rings. The van der Waals surface area contributed by atoms with E-state index >= 15 is 0 Å². The lowest BCUT2D eigenvalue weighted by Crippen LogP contribution is -2.27. The quantitative estimate of drug-likeness (QED) is 0.736. The van der Waals surface area contributed by atoms with Gasteiger partial charge in [-0.3, -0.25) is 0 Å². The number of hydrogen-bond donors (Lipinski definition) is 1. The first-order valence-electron chi connectivity index (χ1n) is 5.49. The van der Waals surface area contributed by atoms with Crippen LogP contribution in [0.15, 0.2) is 35.5 Å². The lowest BCUT2D eigenvalue weighted by Gasteiger charge is -2.08. The molecule has 0 unspecified atom stereocenters. The molecule has 0 bridgehead atoms. The minimum Gasteiger partial charge on any atom is -0.371 e. The molecule has 1 aromatic carbocycles. The van der Waals surface area contributed by atoms with E-state index in [9.17, 15) is 0 Å². The van der Waals surface area contributed by atoms with Gasteiger partial charge in [-0.2, -0.15) is 0 Å². The van der Waals surface area contributed by atoms with Gasteiger partial charge in [0.05, 0.1) is 0 Å². The predicted octanol–water partition coefficient (Wildman–Crippen LogP) is 2.36. The van der Waals surface area contributed by atoms with Crippen LogP contribution in [-0.4, -0.2) is 11.9 Å². The summed E-state index contributed by atoms with van der Waals surface area (Å²) in [6, 6.07) is 9.16. The smallest absolute Gasteiger partial charge is 0.106 e. The van der Waals surface area contributed by atoms with E-state index in [-0.39, 0.29) is 0 Å². The molecule has 0 spiro atoms. The molecule has 1 N–H and O–H groups in total. The van der Waals surface area contributed by atoms with E-state index in [0.717, 1.165) is 12.3 Å². The largest absolute Gasteiger partial charge is 0.371 e. The van der Waals surface area contributed by atoms with Gasteiger partial charge in [0, 0.05) is 18.7 Å². The Bertz CT molecular complexity index is 428. The first kappa shape index (κ1) is 8.72. The monoisotopic (exact) mass is 198 g/mol. The average molecular weight is 198 g/mol. The van der Waals surface area contributed by atoms with Gasteiger partial charge in [0.2, 0.25) is 0 Å². The Morgan fingerprint density at radius 2 is 2.07 bits per heavy atom. The summed E-state index contributed by atoms with van der Waals surface area (Å²) < 4.78 is 0. The Morgan fingerprint density at radius 1 is 1.20 bits per heavy atom. The van der Waals surface area contributed by atoms with Gasteiger partial charge in [-0.1, -0.05) is 24.3 Å². The zero-order valence-electron chi connectivity index (χ0n) is 8.61. The zero-order valence-corrected chi connectivity index (χ0v) is 8.61. The molecule has 2 nitrogen and oxygen atoms in total. The molecule has 15 heavy (non-hydrogen) atoms. The normalized spacial score (nSPS) is 19.1. The van der Waals surface area contributed by atoms with Crippen LogP contribution in [0.2, 0.25) is 0 Å². The zero-order chi connectivity index (χ0) is 10.1. The molecule has 1 saturated carbocycles. The number of amidine groups is 1. The lowest BCUT2D eigenvalue weighted by molar-refractivity contribution is 0.888. The van der Waals surface area contributed by atoms with Crippen molar-refractivity contribution in [1.82, 2.24) is 5.32 Å². The van der Waals surface area contributed by atoms with Crippen molar-refractivity contribution in [3.8, 4) is 0 Å². The van der Waals surface area contributed by atoms with Crippen LogP contribution in [0, 0.1) is 0 Å². The maximum absolute atomic E-state index is 4.44. The summed E-state index contributed by atoms with van der Waals surface area (Å²) in [6.45, 7) is 0. The van der Waals surface area contributed by atoms with Crippen molar-refractivity contribution in [1.29, 1.82) is 0 Å². The summed E-state index contributed by atoms with van der Waals surface area (Å²) in [6.07, 6.45) is 7.50. The summed E-state index contributed by atoms with van der Waals surface area (Å²) in [5, 5.41) is 3.47.